The van der Waals surface area contributed by atoms with Crippen LogP contribution in [0.25, 0.3) is 33.7 Å². The molecule has 0 amide bonds. The summed E-state index contributed by atoms with van der Waals surface area (Å²) in [6.45, 7) is 1.49. The maximum absolute atomic E-state index is 13.2. The van der Waals surface area contributed by atoms with E-state index >= 15 is 0 Å². The lowest BCUT2D eigenvalue weighted by Gasteiger charge is -2.13. The number of nitrogens with one attached hydrogen (secondary N) is 1. The minimum Gasteiger partial charge on any atom is -0.305 e. The van der Waals surface area contributed by atoms with E-state index in [2.05, 4.69) is 19.9 Å². The average Bonchev–Trinajstić information content (AvgIpc) is 2.66. The number of nitrogens with zero attached hydrogens (tertiary/aromatic N) is 3. The monoisotopic (exact) mass is 382 g/mol. The lowest BCUT2D eigenvalue weighted by Crippen LogP contribution is -2.10. The molecule has 4 rings (SSSR count). The Hall–Kier alpha value is -3.55. The molecular formula is C20H13F3N4O. The molecule has 4 aromatic rings. The number of aromatic nitrogens is 4. The topological polar surface area (TPSA) is 71.5 Å². The highest BCUT2D eigenvalue weighted by Crippen LogP contribution is 2.34. The van der Waals surface area contributed by atoms with E-state index in [-0.39, 0.29) is 28.2 Å². The van der Waals surface area contributed by atoms with Gasteiger partial charge in [-0.15, -0.1) is 0 Å². The van der Waals surface area contributed by atoms with Gasteiger partial charge in [0.1, 0.15) is 11.2 Å². The highest BCUT2D eigenvalue weighted by Gasteiger charge is 2.33. The maximum Gasteiger partial charge on any atom is 0.433 e. The van der Waals surface area contributed by atoms with Gasteiger partial charge in [0.15, 0.2) is 5.65 Å². The molecule has 0 spiro atoms. The van der Waals surface area contributed by atoms with Gasteiger partial charge in [-0.05, 0) is 25.1 Å². The van der Waals surface area contributed by atoms with Crippen LogP contribution in [0.1, 0.15) is 11.4 Å². The highest BCUT2D eigenvalue weighted by molar-refractivity contribution is 5.84. The van der Waals surface area contributed by atoms with Crippen LogP contribution in [0.15, 0.2) is 59.4 Å². The van der Waals surface area contributed by atoms with Gasteiger partial charge in [0, 0.05) is 22.9 Å². The molecule has 0 fully saturated rings. The van der Waals surface area contributed by atoms with E-state index in [4.69, 9.17) is 0 Å². The first kappa shape index (κ1) is 17.8. The van der Waals surface area contributed by atoms with Crippen molar-refractivity contribution in [2.75, 3.05) is 0 Å². The average molecular weight is 382 g/mol. The standard InChI is InChI=1S/C20H13F3N4O/c1-11-9-13(10-15(24-11)20(21,22)23)18-17(12-5-3-2-4-6-12)27-19-14(25-18)7-8-16(28)26-19/h2-10H,1H3,(H,26,27,28). The highest BCUT2D eigenvalue weighted by atomic mass is 19.4. The molecule has 5 nitrogen and oxygen atoms in total. The predicted molar refractivity (Wildman–Crippen MR) is 98.6 cm³/mol. The summed E-state index contributed by atoms with van der Waals surface area (Å²) in [5.41, 5.74) is 1.08. The first-order valence-electron chi connectivity index (χ1n) is 8.34. The van der Waals surface area contributed by atoms with Crippen LogP contribution < -0.4 is 5.56 Å². The number of benzene rings is 1. The predicted octanol–water partition coefficient (Wildman–Crippen LogP) is 4.37. The summed E-state index contributed by atoms with van der Waals surface area (Å²) in [5, 5.41) is 0. The van der Waals surface area contributed by atoms with E-state index in [1.165, 1.54) is 25.1 Å². The number of rotatable bonds is 2. The molecule has 0 aliphatic heterocycles. The fraction of sp³-hybridized carbons (Fsp3) is 0.100. The molecule has 0 radical (unpaired) electrons. The summed E-state index contributed by atoms with van der Waals surface area (Å²) in [4.78, 5) is 26.8. The van der Waals surface area contributed by atoms with E-state index in [0.29, 0.717) is 16.8 Å². The van der Waals surface area contributed by atoms with Crippen molar-refractivity contribution < 1.29 is 13.2 Å². The molecule has 0 aliphatic carbocycles. The number of hydrogen-bond acceptors (Lipinski definition) is 4. The Labute approximate surface area is 156 Å². The molecule has 1 aromatic carbocycles. The molecule has 28 heavy (non-hydrogen) atoms. The number of aryl methyl sites for hydroxylation is 1. The van der Waals surface area contributed by atoms with Crippen LogP contribution in [0, 0.1) is 6.92 Å². The Balaban J connectivity index is 2.04. The number of aromatic amines is 1. The van der Waals surface area contributed by atoms with Crippen molar-refractivity contribution in [3.8, 4) is 22.5 Å². The van der Waals surface area contributed by atoms with Crippen LogP contribution in [-0.2, 0) is 6.18 Å². The third-order valence-electron chi connectivity index (χ3n) is 4.12. The Morgan fingerprint density at radius 2 is 1.57 bits per heavy atom. The van der Waals surface area contributed by atoms with Crippen molar-refractivity contribution in [3.63, 3.8) is 0 Å². The quantitative estimate of drug-likeness (QED) is 0.559. The first-order valence-corrected chi connectivity index (χ1v) is 8.34. The summed E-state index contributed by atoms with van der Waals surface area (Å²) in [5.74, 6) is 0. The zero-order chi connectivity index (χ0) is 19.9. The number of hydrogen-bond donors (Lipinski definition) is 1. The molecule has 0 bridgehead atoms. The van der Waals surface area contributed by atoms with Crippen LogP contribution in [0.2, 0.25) is 0 Å². The van der Waals surface area contributed by atoms with Crippen molar-refractivity contribution in [2.45, 2.75) is 13.1 Å². The van der Waals surface area contributed by atoms with Gasteiger partial charge < -0.3 is 4.98 Å². The maximum atomic E-state index is 13.2. The Morgan fingerprint density at radius 1 is 0.857 bits per heavy atom. The Morgan fingerprint density at radius 3 is 2.29 bits per heavy atom. The third-order valence-corrected chi connectivity index (χ3v) is 4.12. The molecule has 3 aromatic heterocycles. The second-order valence-corrected chi connectivity index (χ2v) is 6.22. The minimum atomic E-state index is -4.58. The SMILES string of the molecule is Cc1cc(-c2nc3ccc(=O)[nH]c3nc2-c2ccccc2)cc(C(F)(F)F)n1. The lowest BCUT2D eigenvalue weighted by atomic mass is 10.0. The number of pyridine rings is 2. The van der Waals surface area contributed by atoms with Crippen molar-refractivity contribution in [1.82, 2.24) is 19.9 Å². The summed E-state index contributed by atoms with van der Waals surface area (Å²) < 4.78 is 39.7. The van der Waals surface area contributed by atoms with Gasteiger partial charge in [0.2, 0.25) is 5.56 Å². The van der Waals surface area contributed by atoms with Crippen LogP contribution >= 0.6 is 0 Å². The van der Waals surface area contributed by atoms with E-state index in [1.54, 1.807) is 24.3 Å². The molecule has 1 N–H and O–H groups in total. The number of fused-ring (bicyclic) bond motifs is 1. The van der Waals surface area contributed by atoms with Gasteiger partial charge in [0.25, 0.3) is 0 Å². The number of H-pyrrole nitrogens is 1. The number of halogens is 3. The van der Waals surface area contributed by atoms with Gasteiger partial charge in [0.05, 0.1) is 11.4 Å². The van der Waals surface area contributed by atoms with Crippen LogP contribution in [-0.4, -0.2) is 19.9 Å². The summed E-state index contributed by atoms with van der Waals surface area (Å²) in [6.07, 6.45) is -4.58. The lowest BCUT2D eigenvalue weighted by molar-refractivity contribution is -0.141. The van der Waals surface area contributed by atoms with Gasteiger partial charge in [-0.1, -0.05) is 30.3 Å². The van der Waals surface area contributed by atoms with Gasteiger partial charge in [-0.3, -0.25) is 4.79 Å². The fourth-order valence-electron chi connectivity index (χ4n) is 2.92. The summed E-state index contributed by atoms with van der Waals surface area (Å²) in [6, 6.07) is 14.2. The molecule has 140 valence electrons. The largest absolute Gasteiger partial charge is 0.433 e. The Kier molecular flexibility index (Phi) is 4.18. The minimum absolute atomic E-state index is 0.215. The van der Waals surface area contributed by atoms with Crippen LogP contribution in [0.3, 0.4) is 0 Å². The van der Waals surface area contributed by atoms with Crippen LogP contribution in [0.4, 0.5) is 13.2 Å². The third kappa shape index (κ3) is 3.36. The van der Waals surface area contributed by atoms with E-state index in [1.807, 2.05) is 6.07 Å². The summed E-state index contributed by atoms with van der Waals surface area (Å²) >= 11 is 0. The molecule has 0 saturated carbocycles. The normalized spacial score (nSPS) is 11.7. The Bertz CT molecular complexity index is 1230. The van der Waals surface area contributed by atoms with Gasteiger partial charge >= 0.3 is 6.18 Å². The van der Waals surface area contributed by atoms with Crippen molar-refractivity contribution in [2.24, 2.45) is 0 Å². The van der Waals surface area contributed by atoms with Crippen molar-refractivity contribution >= 4 is 11.2 Å². The molecular weight excluding hydrogens is 369 g/mol. The van der Waals surface area contributed by atoms with Crippen molar-refractivity contribution in [1.29, 1.82) is 0 Å². The zero-order valence-corrected chi connectivity index (χ0v) is 14.6. The molecule has 3 heterocycles. The smallest absolute Gasteiger partial charge is 0.305 e. The molecule has 8 heteroatoms. The van der Waals surface area contributed by atoms with E-state index in [0.717, 1.165) is 6.07 Å². The number of alkyl halides is 3. The first-order chi connectivity index (χ1) is 13.3. The van der Waals surface area contributed by atoms with E-state index < -0.39 is 11.9 Å². The fourth-order valence-corrected chi connectivity index (χ4v) is 2.92. The van der Waals surface area contributed by atoms with Crippen molar-refractivity contribution in [3.05, 3.63) is 76.3 Å². The second kappa shape index (κ2) is 6.56. The summed E-state index contributed by atoms with van der Waals surface area (Å²) in [7, 11) is 0. The molecule has 0 saturated heterocycles. The van der Waals surface area contributed by atoms with Gasteiger partial charge in [-0.25, -0.2) is 15.0 Å². The molecule has 0 unspecified atom stereocenters. The molecule has 0 aliphatic rings. The second-order valence-electron chi connectivity index (χ2n) is 6.22. The van der Waals surface area contributed by atoms with E-state index in [9.17, 15) is 18.0 Å². The van der Waals surface area contributed by atoms with Crippen LogP contribution in [0.5, 0.6) is 0 Å². The van der Waals surface area contributed by atoms with Gasteiger partial charge in [-0.2, -0.15) is 13.2 Å². The molecule has 0 atom stereocenters. The zero-order valence-electron chi connectivity index (χ0n) is 14.6.